The molecule has 0 spiro atoms. The highest BCUT2D eigenvalue weighted by Gasteiger charge is 2.33. The molecule has 14 heteroatoms. The standard InChI is InChI=1S/C39H41ClF2N8O3/c1-22-29(21-48(2)47-22)37-45-35-36(30(40)19-43-38(35)46-37)53-27-5-3-24(4-6-27)25-11-13-49(14-12-25)20-23-9-15-50(16-10-23)26-17-31(41)34(32(42)18-26)28-7-8-33(51)44-39(28)52/h3-6,17-19,21,23,25,28H,7-16,20H2,1-2H3,(H,43,45,46)(H,44,51,52)/t28-/m1/s1. The number of nitrogens with one attached hydrogen (secondary N) is 2. The Bertz CT molecular complexity index is 2150. The highest BCUT2D eigenvalue weighted by atomic mass is 35.5. The Hall–Kier alpha value is -4.88. The smallest absolute Gasteiger partial charge is 0.234 e. The van der Waals surface area contributed by atoms with Crippen LogP contribution in [0.1, 0.15) is 67.2 Å². The molecule has 276 valence electrons. The van der Waals surface area contributed by atoms with E-state index in [0.29, 0.717) is 64.1 Å². The van der Waals surface area contributed by atoms with Gasteiger partial charge in [-0.2, -0.15) is 5.10 Å². The summed E-state index contributed by atoms with van der Waals surface area (Å²) in [7, 11) is 1.87. The summed E-state index contributed by atoms with van der Waals surface area (Å²) in [6.45, 7) is 6.42. The first-order chi connectivity index (χ1) is 25.6. The predicted octanol–water partition coefficient (Wildman–Crippen LogP) is 7.01. The van der Waals surface area contributed by atoms with Crippen molar-refractivity contribution in [1.82, 2.24) is 34.9 Å². The minimum atomic E-state index is -0.992. The van der Waals surface area contributed by atoms with Gasteiger partial charge in [0.2, 0.25) is 11.8 Å². The summed E-state index contributed by atoms with van der Waals surface area (Å²) in [5.74, 6) is -0.730. The molecule has 11 nitrogen and oxygen atoms in total. The van der Waals surface area contributed by atoms with Crippen molar-refractivity contribution in [3.63, 3.8) is 0 Å². The Kier molecular flexibility index (Phi) is 9.63. The van der Waals surface area contributed by atoms with Crippen molar-refractivity contribution in [2.45, 2.75) is 57.3 Å². The maximum Gasteiger partial charge on any atom is 0.234 e. The van der Waals surface area contributed by atoms with Crippen LogP contribution >= 0.6 is 11.6 Å². The average molecular weight is 743 g/mol. The fourth-order valence-corrected chi connectivity index (χ4v) is 8.32. The van der Waals surface area contributed by atoms with Gasteiger partial charge in [-0.25, -0.2) is 18.7 Å². The number of hydrogen-bond acceptors (Lipinski definition) is 8. The predicted molar refractivity (Wildman–Crippen MR) is 197 cm³/mol. The molecule has 0 unspecified atom stereocenters. The van der Waals surface area contributed by atoms with Gasteiger partial charge < -0.3 is 19.5 Å². The molecule has 2 aromatic carbocycles. The Morgan fingerprint density at radius 1 is 0.981 bits per heavy atom. The Balaban J connectivity index is 0.831. The number of hydrogen-bond donors (Lipinski definition) is 2. The minimum Gasteiger partial charge on any atom is -0.453 e. The molecule has 3 saturated heterocycles. The van der Waals surface area contributed by atoms with Crippen molar-refractivity contribution in [1.29, 1.82) is 0 Å². The molecule has 3 fully saturated rings. The minimum absolute atomic E-state index is 0.0696. The number of carbonyl (C=O) groups is 2. The second-order valence-corrected chi connectivity index (χ2v) is 14.9. The summed E-state index contributed by atoms with van der Waals surface area (Å²) in [5.41, 5.74) is 4.41. The van der Waals surface area contributed by atoms with Crippen LogP contribution in [0.15, 0.2) is 48.8 Å². The van der Waals surface area contributed by atoms with Crippen LogP contribution < -0.4 is 15.0 Å². The van der Waals surface area contributed by atoms with E-state index in [4.69, 9.17) is 16.3 Å². The number of halogens is 3. The van der Waals surface area contributed by atoms with E-state index in [9.17, 15) is 9.59 Å². The van der Waals surface area contributed by atoms with Crippen LogP contribution in [-0.4, -0.2) is 74.2 Å². The van der Waals surface area contributed by atoms with Gasteiger partial charge in [0.25, 0.3) is 0 Å². The summed E-state index contributed by atoms with van der Waals surface area (Å²) in [6.07, 6.45) is 7.66. The van der Waals surface area contributed by atoms with Crippen LogP contribution in [-0.2, 0) is 16.6 Å². The lowest BCUT2D eigenvalue weighted by atomic mass is 9.88. The number of H-pyrrole nitrogens is 1. The zero-order chi connectivity index (χ0) is 36.8. The van der Waals surface area contributed by atoms with Crippen LogP contribution in [0.3, 0.4) is 0 Å². The maximum atomic E-state index is 15.1. The number of amides is 2. The zero-order valence-corrected chi connectivity index (χ0v) is 30.4. The number of likely N-dealkylation sites (tertiary alicyclic amines) is 1. The molecule has 8 rings (SSSR count). The highest BCUT2D eigenvalue weighted by molar-refractivity contribution is 6.32. The Morgan fingerprint density at radius 2 is 1.70 bits per heavy atom. The van der Waals surface area contributed by atoms with Crippen LogP contribution in [0.25, 0.3) is 22.6 Å². The molecule has 2 N–H and O–H groups in total. The van der Waals surface area contributed by atoms with E-state index in [1.54, 1.807) is 10.9 Å². The maximum absolute atomic E-state index is 15.1. The van der Waals surface area contributed by atoms with E-state index in [1.165, 1.54) is 17.7 Å². The van der Waals surface area contributed by atoms with Gasteiger partial charge >= 0.3 is 0 Å². The molecular weight excluding hydrogens is 702 g/mol. The molecule has 3 aromatic heterocycles. The van der Waals surface area contributed by atoms with Crippen LogP contribution in [0.2, 0.25) is 5.02 Å². The van der Waals surface area contributed by atoms with Gasteiger partial charge in [-0.05, 0) is 93.8 Å². The molecule has 3 aliphatic rings. The topological polar surface area (TPSA) is 121 Å². The first-order valence-corrected chi connectivity index (χ1v) is 18.6. The number of benzene rings is 2. The second-order valence-electron chi connectivity index (χ2n) is 14.5. The molecule has 0 aliphatic carbocycles. The van der Waals surface area contributed by atoms with E-state index in [2.05, 4.69) is 42.4 Å². The summed E-state index contributed by atoms with van der Waals surface area (Å²) < 4.78 is 38.3. The van der Waals surface area contributed by atoms with Crippen molar-refractivity contribution >= 4 is 40.3 Å². The van der Waals surface area contributed by atoms with E-state index >= 15 is 8.78 Å². The van der Waals surface area contributed by atoms with Gasteiger partial charge in [0.15, 0.2) is 11.4 Å². The summed E-state index contributed by atoms with van der Waals surface area (Å²) in [4.78, 5) is 40.7. The average Bonchev–Trinajstić information content (AvgIpc) is 3.73. The molecule has 0 radical (unpaired) electrons. The van der Waals surface area contributed by atoms with Crippen molar-refractivity contribution in [3.8, 4) is 22.9 Å². The van der Waals surface area contributed by atoms with Crippen LogP contribution in [0.4, 0.5) is 14.5 Å². The van der Waals surface area contributed by atoms with Crippen molar-refractivity contribution < 1.29 is 23.1 Å². The van der Waals surface area contributed by atoms with E-state index in [-0.39, 0.29) is 18.4 Å². The number of imidazole rings is 1. The molecular formula is C39H41ClF2N8O3. The number of ether oxygens (including phenoxy) is 1. The number of pyridine rings is 1. The number of fused-ring (bicyclic) bond motifs is 1. The van der Waals surface area contributed by atoms with E-state index in [1.807, 2.05) is 37.2 Å². The monoisotopic (exact) mass is 742 g/mol. The third kappa shape index (κ3) is 7.24. The van der Waals surface area contributed by atoms with Gasteiger partial charge in [0, 0.05) is 50.6 Å². The van der Waals surface area contributed by atoms with Gasteiger partial charge in [-0.3, -0.25) is 19.6 Å². The first-order valence-electron chi connectivity index (χ1n) is 18.2. The molecule has 53 heavy (non-hydrogen) atoms. The van der Waals surface area contributed by atoms with E-state index in [0.717, 1.165) is 56.6 Å². The van der Waals surface area contributed by atoms with Crippen molar-refractivity contribution in [2.75, 3.05) is 37.6 Å². The summed E-state index contributed by atoms with van der Waals surface area (Å²) in [6, 6.07) is 10.9. The van der Waals surface area contributed by atoms with Gasteiger partial charge in [0.1, 0.15) is 33.7 Å². The summed E-state index contributed by atoms with van der Waals surface area (Å²) in [5, 5.41) is 7.00. The number of aromatic nitrogens is 5. The number of anilines is 1. The van der Waals surface area contributed by atoms with E-state index < -0.39 is 29.4 Å². The lowest BCUT2D eigenvalue weighted by molar-refractivity contribution is -0.134. The number of imide groups is 1. The Morgan fingerprint density at radius 3 is 2.36 bits per heavy atom. The van der Waals surface area contributed by atoms with Gasteiger partial charge in [-0.1, -0.05) is 23.7 Å². The van der Waals surface area contributed by atoms with Gasteiger partial charge in [-0.15, -0.1) is 0 Å². The third-order valence-electron chi connectivity index (χ3n) is 11.0. The van der Waals surface area contributed by atoms with Crippen molar-refractivity contribution in [2.24, 2.45) is 13.0 Å². The quantitative estimate of drug-likeness (QED) is 0.163. The molecule has 6 heterocycles. The molecule has 1 atom stereocenters. The molecule has 5 aromatic rings. The number of aromatic amines is 1. The van der Waals surface area contributed by atoms with Crippen molar-refractivity contribution in [3.05, 3.63) is 82.3 Å². The number of piperidine rings is 3. The number of nitrogens with zero attached hydrogens (tertiary/aromatic N) is 6. The lowest BCUT2D eigenvalue weighted by Gasteiger charge is -2.38. The fourth-order valence-electron chi connectivity index (χ4n) is 8.14. The molecule has 3 aliphatic heterocycles. The number of aryl methyl sites for hydroxylation is 2. The van der Waals surface area contributed by atoms with Gasteiger partial charge in [0.05, 0.1) is 23.4 Å². The number of carbonyl (C=O) groups excluding carboxylic acids is 2. The largest absolute Gasteiger partial charge is 0.453 e. The molecule has 0 bridgehead atoms. The third-order valence-corrected chi connectivity index (χ3v) is 11.3. The first kappa shape index (κ1) is 35.2. The lowest BCUT2D eigenvalue weighted by Crippen LogP contribution is -2.41. The summed E-state index contributed by atoms with van der Waals surface area (Å²) >= 11 is 6.56. The Labute approximate surface area is 310 Å². The number of rotatable bonds is 8. The van der Waals surface area contributed by atoms with Crippen LogP contribution in [0.5, 0.6) is 11.5 Å². The normalized spacial score (nSPS) is 19.3. The second kappa shape index (κ2) is 14.5. The highest BCUT2D eigenvalue weighted by Crippen LogP contribution is 2.38. The SMILES string of the molecule is Cc1nn(C)cc1-c1nc2ncc(Cl)c(Oc3ccc(C4CCN(CC5CCN(c6cc(F)c([C@H]7CCC(=O)NC7=O)c(F)c6)CC5)CC4)cc3)c2[nH]1. The molecule has 2 amide bonds. The zero-order valence-electron chi connectivity index (χ0n) is 29.7. The van der Waals surface area contributed by atoms with Crippen LogP contribution in [0, 0.1) is 24.5 Å². The molecule has 0 saturated carbocycles. The fraction of sp³-hybridized carbons (Fsp3) is 0.410.